The van der Waals surface area contributed by atoms with Crippen LogP contribution in [-0.4, -0.2) is 54.6 Å². The summed E-state index contributed by atoms with van der Waals surface area (Å²) in [6, 6.07) is 4.73. The molecule has 0 amide bonds. The number of halogens is 2. The fourth-order valence-corrected chi connectivity index (χ4v) is 3.92. The van der Waals surface area contributed by atoms with Gasteiger partial charge >= 0.3 is 0 Å². The molecule has 1 aromatic carbocycles. The topological polar surface area (TPSA) is 41.9 Å². The van der Waals surface area contributed by atoms with Crippen LogP contribution in [0.1, 0.15) is 38.5 Å². The maximum Gasteiger partial charge on any atom is 0.142 e. The number of ether oxygens (including phenoxy) is 2. The predicted molar refractivity (Wildman–Crippen MR) is 95.7 cm³/mol. The third kappa shape index (κ3) is 5.30. The SMILES string of the molecule is O[C@]1(COc2ccc(F)c(Cl)c2)COCCN(C2CCCCCC2)C1. The van der Waals surface area contributed by atoms with Crippen molar-refractivity contribution in [3.63, 3.8) is 0 Å². The Hall–Kier alpha value is -0.880. The van der Waals surface area contributed by atoms with Crippen molar-refractivity contribution in [2.75, 3.05) is 32.9 Å². The normalized spacial score (nSPS) is 26.8. The van der Waals surface area contributed by atoms with Gasteiger partial charge in [-0.15, -0.1) is 0 Å². The van der Waals surface area contributed by atoms with Gasteiger partial charge in [0.15, 0.2) is 0 Å². The number of benzene rings is 1. The van der Waals surface area contributed by atoms with E-state index in [0.717, 1.165) is 6.54 Å². The lowest BCUT2D eigenvalue weighted by molar-refractivity contribution is -0.0675. The highest BCUT2D eigenvalue weighted by Crippen LogP contribution is 2.26. The van der Waals surface area contributed by atoms with Crippen LogP contribution < -0.4 is 4.74 Å². The molecule has 1 heterocycles. The van der Waals surface area contributed by atoms with Crippen molar-refractivity contribution in [1.82, 2.24) is 4.90 Å². The quantitative estimate of drug-likeness (QED) is 0.820. The fourth-order valence-electron chi connectivity index (χ4n) is 3.75. The Morgan fingerprint density at radius 2 is 2.04 bits per heavy atom. The molecule has 3 rings (SSSR count). The van der Waals surface area contributed by atoms with Crippen LogP contribution in [0.3, 0.4) is 0 Å². The molecule has 1 N–H and O–H groups in total. The lowest BCUT2D eigenvalue weighted by Gasteiger charge is -2.35. The van der Waals surface area contributed by atoms with Crippen LogP contribution in [0.25, 0.3) is 0 Å². The number of β-amino-alcohol motifs (C(OH)–C–C–N with tert-alkyl or cyclic N) is 1. The first-order valence-corrected chi connectivity index (χ1v) is 9.56. The second-order valence-electron chi connectivity index (χ2n) is 7.26. The molecule has 0 aromatic heterocycles. The Kier molecular flexibility index (Phi) is 6.55. The Morgan fingerprint density at radius 1 is 1.28 bits per heavy atom. The summed E-state index contributed by atoms with van der Waals surface area (Å²) in [5.41, 5.74) is -1.08. The number of hydrogen-bond donors (Lipinski definition) is 1. The Morgan fingerprint density at radius 3 is 2.76 bits per heavy atom. The van der Waals surface area contributed by atoms with E-state index < -0.39 is 11.4 Å². The molecule has 0 radical (unpaired) electrons. The van der Waals surface area contributed by atoms with Crippen molar-refractivity contribution in [2.24, 2.45) is 0 Å². The second-order valence-corrected chi connectivity index (χ2v) is 7.66. The first kappa shape index (κ1) is 18.9. The minimum Gasteiger partial charge on any atom is -0.490 e. The summed E-state index contributed by atoms with van der Waals surface area (Å²) >= 11 is 5.79. The van der Waals surface area contributed by atoms with Crippen LogP contribution in [0.15, 0.2) is 18.2 Å². The van der Waals surface area contributed by atoms with Crippen LogP contribution in [0.2, 0.25) is 5.02 Å². The predicted octanol–water partition coefficient (Wildman–Crippen LogP) is 3.64. The summed E-state index contributed by atoms with van der Waals surface area (Å²) in [6.45, 7) is 2.34. The number of nitrogens with zero attached hydrogens (tertiary/aromatic N) is 1. The highest BCUT2D eigenvalue weighted by Gasteiger charge is 2.36. The standard InChI is InChI=1S/C19H27ClFNO3/c20-17-11-16(7-8-18(17)21)25-14-19(23)12-22(9-10-24-13-19)15-5-3-1-2-4-6-15/h7-8,11,15,23H,1-6,9-10,12-14H2/t19-/m0/s1. The second kappa shape index (κ2) is 8.67. The zero-order valence-electron chi connectivity index (χ0n) is 14.6. The molecular weight excluding hydrogens is 345 g/mol. The Labute approximate surface area is 153 Å². The van der Waals surface area contributed by atoms with Gasteiger partial charge in [0.2, 0.25) is 0 Å². The van der Waals surface area contributed by atoms with Gasteiger partial charge in [-0.2, -0.15) is 0 Å². The highest BCUT2D eigenvalue weighted by molar-refractivity contribution is 6.30. The van der Waals surface area contributed by atoms with Crippen LogP contribution in [0.4, 0.5) is 4.39 Å². The maximum absolute atomic E-state index is 13.2. The van der Waals surface area contributed by atoms with Gasteiger partial charge in [-0.05, 0) is 25.0 Å². The third-order valence-corrected chi connectivity index (χ3v) is 5.42. The first-order chi connectivity index (χ1) is 12.1. The van der Waals surface area contributed by atoms with E-state index in [2.05, 4.69) is 4.90 Å². The van der Waals surface area contributed by atoms with Gasteiger partial charge in [0.25, 0.3) is 0 Å². The molecule has 2 aliphatic rings. The van der Waals surface area contributed by atoms with Crippen LogP contribution in [-0.2, 0) is 4.74 Å². The summed E-state index contributed by atoms with van der Waals surface area (Å²) in [5.74, 6) is -0.0323. The van der Waals surface area contributed by atoms with Crippen molar-refractivity contribution < 1.29 is 19.0 Å². The number of rotatable bonds is 4. The van der Waals surface area contributed by atoms with E-state index in [1.165, 1.54) is 56.7 Å². The number of aliphatic hydroxyl groups is 1. The molecule has 0 spiro atoms. The summed E-state index contributed by atoms with van der Waals surface area (Å²) in [5, 5.41) is 11.0. The van der Waals surface area contributed by atoms with Gasteiger partial charge in [0, 0.05) is 25.2 Å². The molecule has 2 fully saturated rings. The summed E-state index contributed by atoms with van der Waals surface area (Å²) in [6.07, 6.45) is 7.49. The average Bonchev–Trinajstić information content (AvgIpc) is 2.97. The van der Waals surface area contributed by atoms with Crippen molar-refractivity contribution in [1.29, 1.82) is 0 Å². The molecule has 25 heavy (non-hydrogen) atoms. The molecule has 1 aromatic rings. The smallest absolute Gasteiger partial charge is 0.142 e. The van der Waals surface area contributed by atoms with E-state index in [4.69, 9.17) is 21.1 Å². The van der Waals surface area contributed by atoms with Gasteiger partial charge in [-0.1, -0.05) is 37.3 Å². The molecule has 0 unspecified atom stereocenters. The molecule has 1 aliphatic carbocycles. The van der Waals surface area contributed by atoms with E-state index in [9.17, 15) is 9.50 Å². The van der Waals surface area contributed by atoms with Crippen molar-refractivity contribution in [3.05, 3.63) is 29.0 Å². The van der Waals surface area contributed by atoms with Crippen LogP contribution in [0.5, 0.6) is 5.75 Å². The molecule has 1 saturated carbocycles. The van der Waals surface area contributed by atoms with Crippen molar-refractivity contribution in [2.45, 2.75) is 50.2 Å². The van der Waals surface area contributed by atoms with Gasteiger partial charge in [-0.25, -0.2) is 4.39 Å². The van der Waals surface area contributed by atoms with E-state index in [0.29, 0.717) is 24.9 Å². The lowest BCUT2D eigenvalue weighted by Crippen LogP contribution is -2.51. The molecule has 6 heteroatoms. The minimum absolute atomic E-state index is 0.0155. The zero-order chi connectivity index (χ0) is 17.7. The maximum atomic E-state index is 13.2. The molecule has 1 saturated heterocycles. The van der Waals surface area contributed by atoms with Gasteiger partial charge < -0.3 is 14.6 Å². The average molecular weight is 372 g/mol. The largest absolute Gasteiger partial charge is 0.490 e. The summed E-state index contributed by atoms with van der Waals surface area (Å²) < 4.78 is 24.6. The van der Waals surface area contributed by atoms with E-state index >= 15 is 0 Å². The molecule has 4 nitrogen and oxygen atoms in total. The van der Waals surface area contributed by atoms with Gasteiger partial charge in [0.1, 0.15) is 23.8 Å². The van der Waals surface area contributed by atoms with E-state index in [1.807, 2.05) is 0 Å². The fraction of sp³-hybridized carbons (Fsp3) is 0.684. The Bertz CT molecular complexity index is 566. The zero-order valence-corrected chi connectivity index (χ0v) is 15.3. The number of hydrogen-bond acceptors (Lipinski definition) is 4. The summed E-state index contributed by atoms with van der Waals surface area (Å²) in [4.78, 5) is 2.36. The molecule has 1 atom stereocenters. The van der Waals surface area contributed by atoms with E-state index in [1.54, 1.807) is 0 Å². The first-order valence-electron chi connectivity index (χ1n) is 9.18. The van der Waals surface area contributed by atoms with Gasteiger partial charge in [0.05, 0.1) is 18.2 Å². The Balaban J connectivity index is 1.62. The van der Waals surface area contributed by atoms with Crippen molar-refractivity contribution >= 4 is 11.6 Å². The molecule has 0 bridgehead atoms. The minimum atomic E-state index is -1.08. The van der Waals surface area contributed by atoms with E-state index in [-0.39, 0.29) is 18.2 Å². The third-order valence-electron chi connectivity index (χ3n) is 5.13. The molecular formula is C19H27ClFNO3. The van der Waals surface area contributed by atoms with Crippen molar-refractivity contribution in [3.8, 4) is 5.75 Å². The molecule has 1 aliphatic heterocycles. The van der Waals surface area contributed by atoms with Crippen LogP contribution in [0, 0.1) is 5.82 Å². The lowest BCUT2D eigenvalue weighted by atomic mass is 10.0. The molecule has 140 valence electrons. The van der Waals surface area contributed by atoms with Gasteiger partial charge in [-0.3, -0.25) is 4.90 Å². The summed E-state index contributed by atoms with van der Waals surface area (Å²) in [7, 11) is 0. The monoisotopic (exact) mass is 371 g/mol. The highest BCUT2D eigenvalue weighted by atomic mass is 35.5. The van der Waals surface area contributed by atoms with Crippen LogP contribution >= 0.6 is 11.6 Å².